The van der Waals surface area contributed by atoms with Crippen molar-refractivity contribution in [2.45, 2.75) is 12.7 Å². The van der Waals surface area contributed by atoms with Crippen LogP contribution in [-0.4, -0.2) is 5.11 Å². The second kappa shape index (κ2) is 4.00. The van der Waals surface area contributed by atoms with Gasteiger partial charge in [-0.3, -0.25) is 0 Å². The maximum absolute atomic E-state index is 10.4. The summed E-state index contributed by atoms with van der Waals surface area (Å²) in [6.07, 6.45) is 1.96. The molecular formula is C16H14O2. The second-order valence-corrected chi connectivity index (χ2v) is 4.55. The van der Waals surface area contributed by atoms with Crippen LogP contribution in [0, 0.1) is 0 Å². The molecule has 1 aliphatic rings. The number of rotatable bonds is 1. The van der Waals surface area contributed by atoms with Crippen LogP contribution < -0.4 is 0 Å². The van der Waals surface area contributed by atoms with Crippen molar-refractivity contribution in [3.63, 3.8) is 0 Å². The molecule has 18 heavy (non-hydrogen) atoms. The Morgan fingerprint density at radius 1 is 0.944 bits per heavy atom. The molecule has 0 spiro atoms. The van der Waals surface area contributed by atoms with E-state index in [1.807, 2.05) is 60.7 Å². The van der Waals surface area contributed by atoms with Crippen molar-refractivity contribution in [1.29, 1.82) is 0 Å². The van der Waals surface area contributed by atoms with Gasteiger partial charge < -0.3 is 9.84 Å². The summed E-state index contributed by atoms with van der Waals surface area (Å²) < 4.78 is 5.70. The molecule has 0 bridgehead atoms. The molecule has 0 saturated heterocycles. The smallest absolute Gasteiger partial charge is 0.232 e. The van der Waals surface area contributed by atoms with Gasteiger partial charge in [-0.2, -0.15) is 0 Å². The lowest BCUT2D eigenvalue weighted by molar-refractivity contribution is -0.150. The third-order valence-corrected chi connectivity index (χ3v) is 3.11. The number of aliphatic hydroxyl groups is 1. The van der Waals surface area contributed by atoms with Gasteiger partial charge in [-0.25, -0.2) is 0 Å². The Morgan fingerprint density at radius 2 is 1.61 bits per heavy atom. The van der Waals surface area contributed by atoms with Gasteiger partial charge in [0.1, 0.15) is 5.76 Å². The lowest BCUT2D eigenvalue weighted by Crippen LogP contribution is -2.28. The lowest BCUT2D eigenvalue weighted by atomic mass is 9.96. The van der Waals surface area contributed by atoms with E-state index < -0.39 is 5.79 Å². The fourth-order valence-corrected chi connectivity index (χ4v) is 2.23. The van der Waals surface area contributed by atoms with Crippen molar-refractivity contribution in [2.75, 3.05) is 0 Å². The molecule has 2 aromatic rings. The monoisotopic (exact) mass is 238 g/mol. The number of fused-ring (bicyclic) bond motifs is 1. The van der Waals surface area contributed by atoms with Gasteiger partial charge in [0.05, 0.1) is 0 Å². The van der Waals surface area contributed by atoms with Crippen molar-refractivity contribution < 1.29 is 9.84 Å². The zero-order valence-electron chi connectivity index (χ0n) is 10.1. The first-order valence-corrected chi connectivity index (χ1v) is 5.95. The first kappa shape index (κ1) is 11.1. The van der Waals surface area contributed by atoms with Crippen molar-refractivity contribution in [3.8, 4) is 0 Å². The Balaban J connectivity index is 2.14. The topological polar surface area (TPSA) is 29.5 Å². The van der Waals surface area contributed by atoms with Crippen molar-refractivity contribution in [3.05, 3.63) is 71.3 Å². The molecule has 2 aromatic carbocycles. The van der Waals surface area contributed by atoms with Gasteiger partial charge in [-0.15, -0.1) is 0 Å². The lowest BCUT2D eigenvalue weighted by Gasteiger charge is -2.32. The maximum atomic E-state index is 10.4. The first-order chi connectivity index (χ1) is 8.67. The van der Waals surface area contributed by atoms with Gasteiger partial charge in [-0.05, 0) is 11.6 Å². The largest absolute Gasteiger partial charge is 0.458 e. The van der Waals surface area contributed by atoms with Crippen LogP contribution in [-0.2, 0) is 10.5 Å². The van der Waals surface area contributed by atoms with Gasteiger partial charge in [0.2, 0.25) is 5.79 Å². The number of ether oxygens (including phenoxy) is 1. The number of hydrogen-bond acceptors (Lipinski definition) is 2. The summed E-state index contributed by atoms with van der Waals surface area (Å²) in [6, 6.07) is 17.5. The summed E-state index contributed by atoms with van der Waals surface area (Å²) in [6.45, 7) is 1.67. The van der Waals surface area contributed by atoms with E-state index in [0.717, 1.165) is 16.7 Å². The molecule has 2 nitrogen and oxygen atoms in total. The summed E-state index contributed by atoms with van der Waals surface area (Å²) in [4.78, 5) is 0. The van der Waals surface area contributed by atoms with E-state index in [0.29, 0.717) is 5.76 Å². The number of benzene rings is 2. The molecule has 1 unspecified atom stereocenters. The molecule has 0 aromatic heterocycles. The van der Waals surface area contributed by atoms with Crippen LogP contribution in [0.15, 0.2) is 54.6 Å². The normalized spacial score (nSPS) is 21.8. The average Bonchev–Trinajstić information content (AvgIpc) is 2.39. The predicted molar refractivity (Wildman–Crippen MR) is 71.4 cm³/mol. The molecule has 0 aliphatic carbocycles. The molecule has 1 heterocycles. The highest BCUT2D eigenvalue weighted by molar-refractivity contribution is 5.80. The Hall–Kier alpha value is -2.06. The minimum atomic E-state index is -1.28. The summed E-state index contributed by atoms with van der Waals surface area (Å²) in [5, 5.41) is 10.4. The van der Waals surface area contributed by atoms with E-state index in [2.05, 4.69) is 0 Å². The van der Waals surface area contributed by atoms with Crippen LogP contribution in [0.3, 0.4) is 0 Å². The molecule has 3 rings (SSSR count). The first-order valence-electron chi connectivity index (χ1n) is 5.95. The molecule has 0 fully saturated rings. The van der Waals surface area contributed by atoms with Crippen LogP contribution >= 0.6 is 0 Å². The predicted octanol–water partition coefficient (Wildman–Crippen LogP) is 3.38. The highest BCUT2D eigenvalue weighted by atomic mass is 16.6. The van der Waals surface area contributed by atoms with Crippen LogP contribution in [0.25, 0.3) is 11.8 Å². The summed E-state index contributed by atoms with van der Waals surface area (Å²) in [5.41, 5.74) is 2.75. The van der Waals surface area contributed by atoms with E-state index in [1.54, 1.807) is 6.92 Å². The third kappa shape index (κ3) is 1.81. The fourth-order valence-electron chi connectivity index (χ4n) is 2.23. The highest BCUT2D eigenvalue weighted by Crippen LogP contribution is 2.37. The molecule has 2 heteroatoms. The van der Waals surface area contributed by atoms with Gasteiger partial charge in [0.25, 0.3) is 0 Å². The Labute approximate surface area is 106 Å². The minimum Gasteiger partial charge on any atom is -0.458 e. The Bertz CT molecular complexity index is 598. The van der Waals surface area contributed by atoms with E-state index in [-0.39, 0.29) is 0 Å². The van der Waals surface area contributed by atoms with Gasteiger partial charge in [0, 0.05) is 18.1 Å². The number of hydrogen-bond donors (Lipinski definition) is 1. The zero-order chi connectivity index (χ0) is 12.6. The molecule has 1 atom stereocenters. The van der Waals surface area contributed by atoms with E-state index >= 15 is 0 Å². The molecule has 1 N–H and O–H groups in total. The Morgan fingerprint density at radius 3 is 2.39 bits per heavy atom. The second-order valence-electron chi connectivity index (χ2n) is 4.55. The van der Waals surface area contributed by atoms with Crippen LogP contribution in [0.5, 0.6) is 0 Å². The molecule has 90 valence electrons. The van der Waals surface area contributed by atoms with E-state index in [9.17, 15) is 5.11 Å². The third-order valence-electron chi connectivity index (χ3n) is 3.11. The molecule has 0 amide bonds. The molecule has 0 radical (unpaired) electrons. The maximum Gasteiger partial charge on any atom is 0.232 e. The summed E-state index contributed by atoms with van der Waals surface area (Å²) in [5.74, 6) is -0.587. The molecule has 1 aliphatic heterocycles. The summed E-state index contributed by atoms with van der Waals surface area (Å²) >= 11 is 0. The van der Waals surface area contributed by atoms with Crippen molar-refractivity contribution in [1.82, 2.24) is 0 Å². The van der Waals surface area contributed by atoms with E-state index in [1.165, 1.54) is 0 Å². The van der Waals surface area contributed by atoms with Gasteiger partial charge >= 0.3 is 0 Å². The van der Waals surface area contributed by atoms with Crippen LogP contribution in [0.4, 0.5) is 0 Å². The fraction of sp³-hybridized carbons (Fsp3) is 0.125. The van der Waals surface area contributed by atoms with Crippen molar-refractivity contribution in [2.24, 2.45) is 0 Å². The Kier molecular flexibility index (Phi) is 2.46. The molecule has 0 saturated carbocycles. The van der Waals surface area contributed by atoms with Crippen LogP contribution in [0.1, 0.15) is 23.6 Å². The summed E-state index contributed by atoms with van der Waals surface area (Å²) in [7, 11) is 0. The average molecular weight is 238 g/mol. The quantitative estimate of drug-likeness (QED) is 0.825. The highest BCUT2D eigenvalue weighted by Gasteiger charge is 2.32. The SMILES string of the molecule is CC1(O)OC(c2ccccc2)=Cc2ccccc21. The molecular weight excluding hydrogens is 224 g/mol. The van der Waals surface area contributed by atoms with E-state index in [4.69, 9.17) is 4.74 Å². The minimum absolute atomic E-state index is 0.694. The zero-order valence-corrected chi connectivity index (χ0v) is 10.1. The van der Waals surface area contributed by atoms with Gasteiger partial charge in [0.15, 0.2) is 0 Å². The van der Waals surface area contributed by atoms with Gasteiger partial charge in [-0.1, -0.05) is 54.6 Å². The van der Waals surface area contributed by atoms with Crippen molar-refractivity contribution >= 4 is 11.8 Å². The van der Waals surface area contributed by atoms with Crippen LogP contribution in [0.2, 0.25) is 0 Å². The standard InChI is InChI=1S/C16H14O2/c1-16(17)14-10-6-5-9-13(14)11-15(18-16)12-7-3-2-4-8-12/h2-11,17H,1H3.